The minimum atomic E-state index is -1.84. The highest BCUT2D eigenvalue weighted by atomic mass is 35.5. The van der Waals surface area contributed by atoms with Gasteiger partial charge >= 0.3 is 6.09 Å². The molecule has 2 rings (SSSR count). The Kier molecular flexibility index (Phi) is 6.05. The Hall–Kier alpha value is -1.96. The minimum Gasteiger partial charge on any atom is -0.444 e. The van der Waals surface area contributed by atoms with Gasteiger partial charge in [0, 0.05) is 5.56 Å². The van der Waals surface area contributed by atoms with E-state index in [9.17, 15) is 18.7 Å². The molecule has 1 unspecified atom stereocenters. The first-order valence-corrected chi connectivity index (χ1v) is 8.22. The summed E-state index contributed by atoms with van der Waals surface area (Å²) in [6.07, 6.45) is -1.59. The number of hydrogen-bond acceptors (Lipinski definition) is 4. The Morgan fingerprint density at radius 2 is 1.81 bits per heavy atom. The number of aromatic nitrogens is 1. The van der Waals surface area contributed by atoms with Gasteiger partial charge in [-0.2, -0.15) is 0 Å². The average molecular weight is 405 g/mol. The lowest BCUT2D eigenvalue weighted by atomic mass is 10.00. The molecule has 1 aromatic heterocycles. The normalized spacial score (nSPS) is 12.6. The summed E-state index contributed by atoms with van der Waals surface area (Å²) < 4.78 is 33.2. The lowest BCUT2D eigenvalue weighted by Gasteiger charge is -2.22. The van der Waals surface area contributed by atoms with Gasteiger partial charge in [0.1, 0.15) is 28.5 Å². The summed E-state index contributed by atoms with van der Waals surface area (Å²) in [5.74, 6) is -1.96. The van der Waals surface area contributed by atoms with Crippen LogP contribution in [0.4, 0.5) is 19.3 Å². The lowest BCUT2D eigenvalue weighted by molar-refractivity contribution is 0.0635. The van der Waals surface area contributed by atoms with Gasteiger partial charge in [0.15, 0.2) is 0 Å². The fraction of sp³-hybridized carbons (Fsp3) is 0.294. The first-order valence-electron chi connectivity index (χ1n) is 7.47. The molecule has 26 heavy (non-hydrogen) atoms. The summed E-state index contributed by atoms with van der Waals surface area (Å²) in [5, 5.41) is 12.4. The molecule has 1 aromatic carbocycles. The molecule has 140 valence electrons. The number of carbonyl (C=O) groups is 1. The standard InChI is InChI=1S/C17H16Cl2F2N2O3/c1-17(2,3)26-16(25)23-10-7-22-15(19)13(18)12(10)14(24)11-8(20)5-4-6-9(11)21/h4-7,14,24H,1-3H3,(H,23,25). The third-order valence-corrected chi connectivity index (χ3v) is 3.96. The molecule has 0 aliphatic heterocycles. The molecule has 0 spiro atoms. The van der Waals surface area contributed by atoms with Gasteiger partial charge in [-0.05, 0) is 32.9 Å². The van der Waals surface area contributed by atoms with Gasteiger partial charge < -0.3 is 9.84 Å². The molecular formula is C17H16Cl2F2N2O3. The second-order valence-corrected chi connectivity index (χ2v) is 7.09. The smallest absolute Gasteiger partial charge is 0.412 e. The number of ether oxygens (including phenoxy) is 1. The Morgan fingerprint density at radius 3 is 2.35 bits per heavy atom. The summed E-state index contributed by atoms with van der Waals surface area (Å²) in [6, 6.07) is 3.13. The molecule has 0 bridgehead atoms. The minimum absolute atomic E-state index is 0.0937. The summed E-state index contributed by atoms with van der Waals surface area (Å²) in [4.78, 5) is 15.8. The predicted octanol–water partition coefficient (Wildman–Crippen LogP) is 5.10. The summed E-state index contributed by atoms with van der Waals surface area (Å²) in [6.45, 7) is 4.97. The van der Waals surface area contributed by atoms with Crippen molar-refractivity contribution in [2.75, 3.05) is 5.32 Å². The highest BCUT2D eigenvalue weighted by Gasteiger charge is 2.27. The summed E-state index contributed by atoms with van der Waals surface area (Å²) in [5.41, 5.74) is -1.72. The zero-order valence-corrected chi connectivity index (χ0v) is 15.6. The Bertz CT molecular complexity index is 821. The van der Waals surface area contributed by atoms with E-state index in [-0.39, 0.29) is 21.4 Å². The van der Waals surface area contributed by atoms with Gasteiger partial charge in [0.05, 0.1) is 22.5 Å². The molecule has 1 heterocycles. The van der Waals surface area contributed by atoms with E-state index >= 15 is 0 Å². The molecule has 0 radical (unpaired) electrons. The molecule has 0 saturated carbocycles. The molecule has 0 saturated heterocycles. The lowest BCUT2D eigenvalue weighted by Crippen LogP contribution is -2.28. The largest absolute Gasteiger partial charge is 0.444 e. The number of hydrogen-bond donors (Lipinski definition) is 2. The number of amides is 1. The van der Waals surface area contributed by atoms with Gasteiger partial charge in [0.2, 0.25) is 0 Å². The third kappa shape index (κ3) is 4.60. The quantitative estimate of drug-likeness (QED) is 0.698. The number of nitrogens with one attached hydrogen (secondary N) is 1. The summed E-state index contributed by atoms with van der Waals surface area (Å²) in [7, 11) is 0. The van der Waals surface area contributed by atoms with Crippen LogP contribution in [0.3, 0.4) is 0 Å². The maximum absolute atomic E-state index is 14.0. The Balaban J connectivity index is 2.50. The van der Waals surface area contributed by atoms with E-state index in [2.05, 4.69) is 10.3 Å². The fourth-order valence-electron chi connectivity index (χ4n) is 2.17. The van der Waals surface area contributed by atoms with Crippen molar-refractivity contribution >= 4 is 35.0 Å². The topological polar surface area (TPSA) is 71.5 Å². The third-order valence-electron chi connectivity index (χ3n) is 3.20. The number of halogens is 4. The molecule has 5 nitrogen and oxygen atoms in total. The molecule has 1 amide bonds. The van der Waals surface area contributed by atoms with E-state index in [0.717, 1.165) is 24.4 Å². The molecule has 2 N–H and O–H groups in total. The van der Waals surface area contributed by atoms with Crippen molar-refractivity contribution in [3.8, 4) is 0 Å². The number of carbonyl (C=O) groups excluding carboxylic acids is 1. The molecule has 9 heteroatoms. The van der Waals surface area contributed by atoms with E-state index < -0.39 is 35.0 Å². The molecule has 1 atom stereocenters. The van der Waals surface area contributed by atoms with Gasteiger partial charge in [0.25, 0.3) is 0 Å². The fourth-order valence-corrected chi connectivity index (χ4v) is 2.58. The van der Waals surface area contributed by atoms with Crippen LogP contribution < -0.4 is 5.32 Å². The van der Waals surface area contributed by atoms with Crippen molar-refractivity contribution in [1.82, 2.24) is 4.98 Å². The Morgan fingerprint density at radius 1 is 1.23 bits per heavy atom. The van der Waals surface area contributed by atoms with Crippen LogP contribution in [0, 0.1) is 11.6 Å². The number of benzene rings is 1. The SMILES string of the molecule is CC(C)(C)OC(=O)Nc1cnc(Cl)c(Cl)c1C(O)c1c(F)cccc1F. The van der Waals surface area contributed by atoms with E-state index in [1.807, 2.05) is 0 Å². The van der Waals surface area contributed by atoms with Crippen molar-refractivity contribution in [3.05, 3.63) is 57.3 Å². The van der Waals surface area contributed by atoms with Crippen molar-refractivity contribution in [1.29, 1.82) is 0 Å². The second kappa shape index (κ2) is 7.73. The number of aliphatic hydroxyl groups is 1. The van der Waals surface area contributed by atoms with E-state index in [4.69, 9.17) is 27.9 Å². The molecule has 2 aromatic rings. The highest BCUT2D eigenvalue weighted by Crippen LogP contribution is 2.38. The molecule has 0 aliphatic rings. The number of aliphatic hydroxyl groups excluding tert-OH is 1. The molecule has 0 aliphatic carbocycles. The average Bonchev–Trinajstić information content (AvgIpc) is 2.49. The van der Waals surface area contributed by atoms with Crippen LogP contribution in [0.15, 0.2) is 24.4 Å². The van der Waals surface area contributed by atoms with Crippen molar-refractivity contribution < 1.29 is 23.4 Å². The van der Waals surface area contributed by atoms with E-state index in [0.29, 0.717) is 0 Å². The highest BCUT2D eigenvalue weighted by molar-refractivity contribution is 6.42. The molecule has 0 fully saturated rings. The van der Waals surface area contributed by atoms with Gasteiger partial charge in [-0.3, -0.25) is 5.32 Å². The van der Waals surface area contributed by atoms with Crippen molar-refractivity contribution in [2.45, 2.75) is 32.5 Å². The van der Waals surface area contributed by atoms with Crippen LogP contribution in [0.25, 0.3) is 0 Å². The zero-order chi connectivity index (χ0) is 19.6. The predicted molar refractivity (Wildman–Crippen MR) is 94.5 cm³/mol. The summed E-state index contributed by atoms with van der Waals surface area (Å²) >= 11 is 11.9. The van der Waals surface area contributed by atoms with E-state index in [1.54, 1.807) is 20.8 Å². The molecular weight excluding hydrogens is 389 g/mol. The van der Waals surface area contributed by atoms with Crippen LogP contribution in [0.5, 0.6) is 0 Å². The van der Waals surface area contributed by atoms with Gasteiger partial charge in [-0.1, -0.05) is 29.3 Å². The number of nitrogens with zero attached hydrogens (tertiary/aromatic N) is 1. The number of anilines is 1. The van der Waals surface area contributed by atoms with Gasteiger partial charge in [-0.15, -0.1) is 0 Å². The maximum Gasteiger partial charge on any atom is 0.412 e. The monoisotopic (exact) mass is 404 g/mol. The van der Waals surface area contributed by atoms with Crippen molar-refractivity contribution in [3.63, 3.8) is 0 Å². The van der Waals surface area contributed by atoms with Gasteiger partial charge in [-0.25, -0.2) is 18.6 Å². The van der Waals surface area contributed by atoms with Crippen LogP contribution >= 0.6 is 23.2 Å². The maximum atomic E-state index is 14.0. The number of rotatable bonds is 3. The Labute approximate surface area is 158 Å². The van der Waals surface area contributed by atoms with E-state index in [1.165, 1.54) is 0 Å². The van der Waals surface area contributed by atoms with Crippen molar-refractivity contribution in [2.24, 2.45) is 0 Å². The first kappa shape index (κ1) is 20.4. The number of pyridine rings is 1. The van der Waals surface area contributed by atoms with Crippen LogP contribution in [0.2, 0.25) is 10.2 Å². The zero-order valence-electron chi connectivity index (χ0n) is 14.1. The van der Waals surface area contributed by atoms with Crippen LogP contribution in [-0.4, -0.2) is 21.8 Å². The second-order valence-electron chi connectivity index (χ2n) is 6.36. The van der Waals surface area contributed by atoms with Crippen LogP contribution in [-0.2, 0) is 4.74 Å². The van der Waals surface area contributed by atoms with Crippen LogP contribution in [0.1, 0.15) is 38.0 Å². The first-order chi connectivity index (χ1) is 12.0.